The molecule has 0 aliphatic heterocycles. The van der Waals surface area contributed by atoms with Crippen molar-refractivity contribution in [2.24, 2.45) is 0 Å². The Kier molecular flexibility index (Phi) is 5.63. The molecule has 4 heterocycles. The number of thiophene rings is 1. The summed E-state index contributed by atoms with van der Waals surface area (Å²) in [6.45, 7) is 0. The molecule has 0 amide bonds. The van der Waals surface area contributed by atoms with Gasteiger partial charge in [-0.3, -0.25) is 4.57 Å². The monoisotopic (exact) mass is 644 g/mol. The molecule has 0 radical (unpaired) electrons. The summed E-state index contributed by atoms with van der Waals surface area (Å²) in [5.74, 6) is 0.685. The van der Waals surface area contributed by atoms with Crippen LogP contribution in [0.25, 0.3) is 92.8 Å². The lowest BCUT2D eigenvalue weighted by molar-refractivity contribution is 0.967. The summed E-state index contributed by atoms with van der Waals surface area (Å²) in [5, 5.41) is 8.51. The van der Waals surface area contributed by atoms with Gasteiger partial charge in [0.05, 0.1) is 22.2 Å². The zero-order valence-electron chi connectivity index (χ0n) is 26.5. The van der Waals surface area contributed by atoms with E-state index in [0.717, 1.165) is 51.0 Å². The van der Waals surface area contributed by atoms with Crippen molar-refractivity contribution in [3.63, 3.8) is 0 Å². The first-order chi connectivity index (χ1) is 24.3. The molecule has 4 nitrogen and oxygen atoms in total. The molecule has 6 aromatic carbocycles. The Balaban J connectivity index is 1.28. The summed E-state index contributed by atoms with van der Waals surface area (Å²) in [6.07, 6.45) is 6.73. The Morgan fingerprint density at radius 2 is 1.37 bits per heavy atom. The zero-order chi connectivity index (χ0) is 32.1. The SMILES string of the molecule is C1=Cc2c(c3ccccc3n2-c2ccc3c4c5ccccc5ccc4n(-c4nc(-c5ccccc5)c5c(n4)sc4ccccc45)c3c2)CC1. The molecule has 49 heavy (non-hydrogen) atoms. The van der Waals surface area contributed by atoms with Gasteiger partial charge in [0, 0.05) is 48.6 Å². The van der Waals surface area contributed by atoms with Crippen molar-refractivity contribution in [1.82, 2.24) is 19.1 Å². The van der Waals surface area contributed by atoms with E-state index in [0.29, 0.717) is 5.95 Å². The molecule has 1 aliphatic carbocycles. The molecule has 230 valence electrons. The van der Waals surface area contributed by atoms with Crippen LogP contribution in [0.4, 0.5) is 0 Å². The minimum atomic E-state index is 0.685. The minimum absolute atomic E-state index is 0.685. The average Bonchev–Trinajstić information content (AvgIpc) is 3.82. The largest absolute Gasteiger partial charge is 0.310 e. The maximum absolute atomic E-state index is 5.47. The van der Waals surface area contributed by atoms with Crippen molar-refractivity contribution in [2.45, 2.75) is 12.8 Å². The first-order valence-corrected chi connectivity index (χ1v) is 17.6. The van der Waals surface area contributed by atoms with Crippen molar-refractivity contribution in [3.8, 4) is 22.9 Å². The Hall–Kier alpha value is -6.04. The Labute approximate surface area is 285 Å². The summed E-state index contributed by atoms with van der Waals surface area (Å²) in [7, 11) is 0. The second-order valence-corrected chi connectivity index (χ2v) is 13.9. The molecule has 4 aromatic heterocycles. The molecule has 10 aromatic rings. The van der Waals surface area contributed by atoms with Crippen LogP contribution in [-0.2, 0) is 6.42 Å². The predicted octanol–water partition coefficient (Wildman–Crippen LogP) is 11.7. The smallest absolute Gasteiger partial charge is 0.236 e. The van der Waals surface area contributed by atoms with Crippen molar-refractivity contribution in [1.29, 1.82) is 0 Å². The molecular formula is C44H28N4S. The highest BCUT2D eigenvalue weighted by molar-refractivity contribution is 7.25. The fourth-order valence-electron chi connectivity index (χ4n) is 8.11. The Morgan fingerprint density at radius 1 is 0.571 bits per heavy atom. The first-order valence-electron chi connectivity index (χ1n) is 16.8. The lowest BCUT2D eigenvalue weighted by atomic mass is 10.0. The highest BCUT2D eigenvalue weighted by Crippen LogP contribution is 2.42. The second kappa shape index (κ2) is 10.2. The summed E-state index contributed by atoms with van der Waals surface area (Å²) >= 11 is 1.74. The average molecular weight is 645 g/mol. The van der Waals surface area contributed by atoms with Gasteiger partial charge < -0.3 is 4.57 Å². The van der Waals surface area contributed by atoms with Gasteiger partial charge in [0.25, 0.3) is 0 Å². The van der Waals surface area contributed by atoms with E-state index >= 15 is 0 Å². The topological polar surface area (TPSA) is 35.6 Å². The normalized spacial score (nSPS) is 13.1. The van der Waals surface area contributed by atoms with E-state index in [-0.39, 0.29) is 0 Å². The summed E-state index contributed by atoms with van der Waals surface area (Å²) in [6, 6.07) is 48.1. The number of hydrogen-bond acceptors (Lipinski definition) is 3. The first kappa shape index (κ1) is 27.0. The molecule has 0 spiro atoms. The van der Waals surface area contributed by atoms with Crippen molar-refractivity contribution in [3.05, 3.63) is 151 Å². The molecule has 0 bridgehead atoms. The van der Waals surface area contributed by atoms with Gasteiger partial charge in [0.15, 0.2) is 0 Å². The van der Waals surface area contributed by atoms with Crippen LogP contribution in [0.5, 0.6) is 0 Å². The quantitative estimate of drug-likeness (QED) is 0.192. The molecule has 0 N–H and O–H groups in total. The fourth-order valence-corrected chi connectivity index (χ4v) is 9.18. The molecule has 1 aliphatic rings. The van der Waals surface area contributed by atoms with E-state index < -0.39 is 0 Å². The van der Waals surface area contributed by atoms with Gasteiger partial charge in [-0.1, -0.05) is 109 Å². The van der Waals surface area contributed by atoms with Gasteiger partial charge in [-0.15, -0.1) is 11.3 Å². The summed E-state index contributed by atoms with van der Waals surface area (Å²) < 4.78 is 5.95. The molecule has 0 atom stereocenters. The molecule has 11 rings (SSSR count). The van der Waals surface area contributed by atoms with Crippen LogP contribution in [0.1, 0.15) is 17.7 Å². The van der Waals surface area contributed by atoms with Gasteiger partial charge in [0.2, 0.25) is 5.95 Å². The van der Waals surface area contributed by atoms with E-state index in [1.807, 2.05) is 0 Å². The maximum atomic E-state index is 5.47. The third kappa shape index (κ3) is 3.85. The number of benzene rings is 6. The summed E-state index contributed by atoms with van der Waals surface area (Å²) in [4.78, 5) is 11.8. The highest BCUT2D eigenvalue weighted by atomic mass is 32.1. The third-order valence-corrected chi connectivity index (χ3v) is 11.3. The zero-order valence-corrected chi connectivity index (χ0v) is 27.3. The van der Waals surface area contributed by atoms with Crippen LogP contribution in [0.2, 0.25) is 0 Å². The van der Waals surface area contributed by atoms with Gasteiger partial charge in [0.1, 0.15) is 4.83 Å². The van der Waals surface area contributed by atoms with Gasteiger partial charge in [-0.2, -0.15) is 0 Å². The lowest BCUT2D eigenvalue weighted by Crippen LogP contribution is -2.04. The van der Waals surface area contributed by atoms with Crippen molar-refractivity contribution >= 4 is 81.2 Å². The van der Waals surface area contributed by atoms with E-state index in [4.69, 9.17) is 9.97 Å². The fraction of sp³-hybridized carbons (Fsp3) is 0.0455. The van der Waals surface area contributed by atoms with E-state index in [9.17, 15) is 0 Å². The molecular weight excluding hydrogens is 617 g/mol. The van der Waals surface area contributed by atoms with E-state index in [1.54, 1.807) is 11.3 Å². The van der Waals surface area contributed by atoms with Gasteiger partial charge in [-0.25, -0.2) is 9.97 Å². The Bertz CT molecular complexity index is 3000. The molecule has 5 heteroatoms. The maximum Gasteiger partial charge on any atom is 0.236 e. The van der Waals surface area contributed by atoms with Crippen LogP contribution >= 0.6 is 11.3 Å². The predicted molar refractivity (Wildman–Crippen MR) is 206 cm³/mol. The number of fused-ring (bicyclic) bond motifs is 11. The Morgan fingerprint density at radius 3 is 2.29 bits per heavy atom. The van der Waals surface area contributed by atoms with Crippen LogP contribution < -0.4 is 0 Å². The van der Waals surface area contributed by atoms with Crippen molar-refractivity contribution in [2.75, 3.05) is 0 Å². The van der Waals surface area contributed by atoms with Crippen LogP contribution in [-0.4, -0.2) is 19.1 Å². The third-order valence-electron chi connectivity index (χ3n) is 10.2. The van der Waals surface area contributed by atoms with Crippen LogP contribution in [0, 0.1) is 0 Å². The van der Waals surface area contributed by atoms with Gasteiger partial charge in [-0.05, 0) is 65.6 Å². The molecule has 0 fully saturated rings. The van der Waals surface area contributed by atoms with E-state index in [2.05, 4.69) is 155 Å². The number of nitrogens with zero attached hydrogens (tertiary/aromatic N) is 4. The number of hydrogen-bond donors (Lipinski definition) is 0. The van der Waals surface area contributed by atoms with E-state index in [1.165, 1.54) is 53.8 Å². The number of allylic oxidation sites excluding steroid dienone is 1. The number of para-hydroxylation sites is 1. The highest BCUT2D eigenvalue weighted by Gasteiger charge is 2.23. The number of aryl methyl sites for hydroxylation is 1. The van der Waals surface area contributed by atoms with Crippen molar-refractivity contribution < 1.29 is 0 Å². The number of aromatic nitrogens is 4. The second-order valence-electron chi connectivity index (χ2n) is 12.9. The standard InChI is InChI=1S/C44H28N4S/c1-2-13-28(14-3-1)42-41-34-18-8-11-21-39(34)49-43(41)46-44(45-42)48-37-25-22-27-12-4-5-15-30(27)40(37)33-24-23-29(26-38(33)48)47-35-19-9-6-16-31(35)32-17-7-10-20-36(32)47/h1-6,8-16,18-26H,7,17H2. The van der Waals surface area contributed by atoms with Gasteiger partial charge >= 0.3 is 0 Å². The minimum Gasteiger partial charge on any atom is -0.310 e. The summed E-state index contributed by atoms with van der Waals surface area (Å²) in [5.41, 5.74) is 9.31. The lowest BCUT2D eigenvalue weighted by Gasteiger charge is -2.13. The number of rotatable bonds is 3. The molecule has 0 saturated heterocycles. The molecule has 0 unspecified atom stereocenters. The van der Waals surface area contributed by atoms with Crippen LogP contribution in [0.3, 0.4) is 0 Å². The molecule has 0 saturated carbocycles. The van der Waals surface area contributed by atoms with Crippen LogP contribution in [0.15, 0.2) is 140 Å².